The zero-order valence-electron chi connectivity index (χ0n) is 11.0. The van der Waals surface area contributed by atoms with E-state index in [1.54, 1.807) is 23.1 Å². The van der Waals surface area contributed by atoms with Gasteiger partial charge in [0.1, 0.15) is 18.2 Å². The summed E-state index contributed by atoms with van der Waals surface area (Å²) in [6.07, 6.45) is 3.09. The van der Waals surface area contributed by atoms with Gasteiger partial charge in [-0.2, -0.15) is 10.1 Å². The highest BCUT2D eigenvalue weighted by atomic mass is 35.5. The molecule has 0 fully saturated rings. The number of hydrogen-bond donors (Lipinski definition) is 0. The number of hydrogen-bond acceptors (Lipinski definition) is 5. The predicted molar refractivity (Wildman–Crippen MR) is 73.2 cm³/mol. The van der Waals surface area contributed by atoms with Gasteiger partial charge in [-0.05, 0) is 38.1 Å². The van der Waals surface area contributed by atoms with Crippen molar-refractivity contribution in [2.24, 2.45) is 0 Å². The second kappa shape index (κ2) is 4.72. The summed E-state index contributed by atoms with van der Waals surface area (Å²) < 4.78 is 7.03. The molecule has 0 N–H and O–H groups in total. The van der Waals surface area contributed by atoms with Gasteiger partial charge < -0.3 is 4.52 Å². The molecule has 0 spiro atoms. The quantitative estimate of drug-likeness (QED) is 0.741. The molecule has 0 atom stereocenters. The van der Waals surface area contributed by atoms with Crippen LogP contribution in [-0.4, -0.2) is 24.9 Å². The molecule has 0 aliphatic rings. The van der Waals surface area contributed by atoms with Crippen LogP contribution in [0, 0.1) is 0 Å². The van der Waals surface area contributed by atoms with Crippen LogP contribution in [-0.2, 0) is 5.54 Å². The number of rotatable bonds is 3. The van der Waals surface area contributed by atoms with Crippen molar-refractivity contribution in [2.45, 2.75) is 19.4 Å². The average molecular weight is 290 g/mol. The van der Waals surface area contributed by atoms with Crippen molar-refractivity contribution < 1.29 is 4.52 Å². The van der Waals surface area contributed by atoms with E-state index in [2.05, 4.69) is 20.2 Å². The van der Waals surface area contributed by atoms with E-state index in [9.17, 15) is 0 Å². The van der Waals surface area contributed by atoms with Gasteiger partial charge in [0.25, 0.3) is 5.89 Å². The van der Waals surface area contributed by atoms with E-state index in [4.69, 9.17) is 16.1 Å². The summed E-state index contributed by atoms with van der Waals surface area (Å²) in [5.41, 5.74) is 0.285. The normalized spacial score (nSPS) is 11.8. The van der Waals surface area contributed by atoms with E-state index in [1.807, 2.05) is 26.0 Å². The maximum atomic E-state index is 5.86. The molecule has 7 heteroatoms. The number of nitrogens with zero attached hydrogens (tertiary/aromatic N) is 5. The van der Waals surface area contributed by atoms with Crippen LogP contribution in [0.25, 0.3) is 11.4 Å². The molecule has 20 heavy (non-hydrogen) atoms. The Hall–Kier alpha value is -2.21. The third kappa shape index (κ3) is 2.18. The molecule has 1 aromatic carbocycles. The SMILES string of the molecule is CC(C)(c1nc(-c2ccc(Cl)cc2)no1)n1cncn1. The number of aromatic nitrogens is 5. The van der Waals surface area contributed by atoms with Gasteiger partial charge in [0.05, 0.1) is 0 Å². The van der Waals surface area contributed by atoms with E-state index in [0.717, 1.165) is 5.56 Å². The van der Waals surface area contributed by atoms with E-state index >= 15 is 0 Å². The second-order valence-corrected chi connectivity index (χ2v) is 5.27. The Morgan fingerprint density at radius 1 is 1.20 bits per heavy atom. The maximum Gasteiger partial charge on any atom is 0.254 e. The van der Waals surface area contributed by atoms with Gasteiger partial charge in [-0.15, -0.1) is 0 Å². The Bertz CT molecular complexity index is 703. The Kier molecular flexibility index (Phi) is 3.02. The highest BCUT2D eigenvalue weighted by Gasteiger charge is 2.30. The Labute approximate surface area is 120 Å². The van der Waals surface area contributed by atoms with Crippen LogP contribution in [0.1, 0.15) is 19.7 Å². The van der Waals surface area contributed by atoms with Crippen molar-refractivity contribution in [3.8, 4) is 11.4 Å². The van der Waals surface area contributed by atoms with Crippen molar-refractivity contribution >= 4 is 11.6 Å². The molecule has 0 aliphatic heterocycles. The van der Waals surface area contributed by atoms with Gasteiger partial charge in [-0.3, -0.25) is 0 Å². The molecule has 0 saturated carbocycles. The fraction of sp³-hybridized carbons (Fsp3) is 0.231. The molecule has 3 aromatic rings. The third-order valence-electron chi connectivity index (χ3n) is 3.04. The average Bonchev–Trinajstić information content (AvgIpc) is 3.12. The van der Waals surface area contributed by atoms with Gasteiger partial charge in [0.15, 0.2) is 0 Å². The van der Waals surface area contributed by atoms with E-state index in [1.165, 1.54) is 6.33 Å². The monoisotopic (exact) mass is 289 g/mol. The van der Waals surface area contributed by atoms with Crippen LogP contribution in [0.3, 0.4) is 0 Å². The van der Waals surface area contributed by atoms with Crippen molar-refractivity contribution in [2.75, 3.05) is 0 Å². The summed E-state index contributed by atoms with van der Waals surface area (Å²) in [7, 11) is 0. The standard InChI is InChI=1S/C13H12ClN5O/c1-13(2,19-8-15-7-16-19)12-17-11(18-20-12)9-3-5-10(14)6-4-9/h3-8H,1-2H3. The van der Waals surface area contributed by atoms with Gasteiger partial charge >= 0.3 is 0 Å². The number of halogens is 1. The van der Waals surface area contributed by atoms with Crippen LogP contribution < -0.4 is 0 Å². The minimum atomic E-state index is -0.561. The molecular weight excluding hydrogens is 278 g/mol. The zero-order chi connectivity index (χ0) is 14.2. The molecule has 3 rings (SSSR count). The first-order valence-electron chi connectivity index (χ1n) is 6.02. The fourth-order valence-corrected chi connectivity index (χ4v) is 1.91. The van der Waals surface area contributed by atoms with Crippen LogP contribution in [0.2, 0.25) is 5.02 Å². The van der Waals surface area contributed by atoms with E-state index in [-0.39, 0.29) is 0 Å². The minimum absolute atomic E-state index is 0.466. The first-order chi connectivity index (χ1) is 9.57. The van der Waals surface area contributed by atoms with Gasteiger partial charge in [-0.25, -0.2) is 9.67 Å². The lowest BCUT2D eigenvalue weighted by atomic mass is 10.1. The third-order valence-corrected chi connectivity index (χ3v) is 3.30. The molecule has 2 aromatic heterocycles. The summed E-state index contributed by atoms with van der Waals surface area (Å²) in [5, 5.41) is 8.79. The molecule has 0 aliphatic carbocycles. The summed E-state index contributed by atoms with van der Waals surface area (Å²) in [6.45, 7) is 3.86. The van der Waals surface area contributed by atoms with Gasteiger partial charge in [0.2, 0.25) is 5.82 Å². The second-order valence-electron chi connectivity index (χ2n) is 4.83. The minimum Gasteiger partial charge on any atom is -0.336 e. The van der Waals surface area contributed by atoms with Crippen molar-refractivity contribution in [1.29, 1.82) is 0 Å². The summed E-state index contributed by atoms with van der Waals surface area (Å²) in [6, 6.07) is 7.27. The molecular formula is C13H12ClN5O. The van der Waals surface area contributed by atoms with Crippen molar-refractivity contribution in [3.05, 3.63) is 47.8 Å². The summed E-state index contributed by atoms with van der Waals surface area (Å²) >= 11 is 5.86. The molecule has 0 amide bonds. The van der Waals surface area contributed by atoms with E-state index < -0.39 is 5.54 Å². The lowest BCUT2D eigenvalue weighted by Gasteiger charge is -2.19. The number of benzene rings is 1. The highest BCUT2D eigenvalue weighted by molar-refractivity contribution is 6.30. The zero-order valence-corrected chi connectivity index (χ0v) is 11.7. The Morgan fingerprint density at radius 2 is 1.95 bits per heavy atom. The lowest BCUT2D eigenvalue weighted by Crippen LogP contribution is -2.28. The molecule has 0 unspecified atom stereocenters. The van der Waals surface area contributed by atoms with Crippen molar-refractivity contribution in [3.63, 3.8) is 0 Å². The topological polar surface area (TPSA) is 69.6 Å². The van der Waals surface area contributed by atoms with E-state index in [0.29, 0.717) is 16.7 Å². The first-order valence-corrected chi connectivity index (χ1v) is 6.40. The van der Waals surface area contributed by atoms with Crippen LogP contribution >= 0.6 is 11.6 Å². The first kappa shape index (κ1) is 12.8. The largest absolute Gasteiger partial charge is 0.336 e. The highest BCUT2D eigenvalue weighted by Crippen LogP contribution is 2.25. The smallest absolute Gasteiger partial charge is 0.254 e. The van der Waals surface area contributed by atoms with Crippen LogP contribution in [0.5, 0.6) is 0 Å². The Morgan fingerprint density at radius 3 is 2.60 bits per heavy atom. The van der Waals surface area contributed by atoms with Gasteiger partial charge in [-0.1, -0.05) is 16.8 Å². The fourth-order valence-electron chi connectivity index (χ4n) is 1.78. The van der Waals surface area contributed by atoms with Gasteiger partial charge in [0, 0.05) is 10.6 Å². The van der Waals surface area contributed by atoms with Crippen LogP contribution in [0.4, 0.5) is 0 Å². The lowest BCUT2D eigenvalue weighted by molar-refractivity contribution is 0.261. The molecule has 102 valence electrons. The Balaban J connectivity index is 1.96. The summed E-state index contributed by atoms with van der Waals surface area (Å²) in [4.78, 5) is 8.36. The predicted octanol–water partition coefficient (Wildman–Crippen LogP) is 2.76. The van der Waals surface area contributed by atoms with Crippen LogP contribution in [0.15, 0.2) is 41.4 Å². The summed E-state index contributed by atoms with van der Waals surface area (Å²) in [5.74, 6) is 0.984. The molecule has 0 saturated heterocycles. The molecule has 0 bridgehead atoms. The molecule has 0 radical (unpaired) electrons. The molecule has 6 nitrogen and oxygen atoms in total. The van der Waals surface area contributed by atoms with Crippen molar-refractivity contribution in [1.82, 2.24) is 24.9 Å². The maximum absolute atomic E-state index is 5.86. The molecule has 2 heterocycles.